The van der Waals surface area contributed by atoms with Crippen LogP contribution < -0.4 is 0 Å². The number of rotatable bonds is 3. The first-order valence-corrected chi connectivity index (χ1v) is 7.63. The Morgan fingerprint density at radius 2 is 1.74 bits per heavy atom. The van der Waals surface area contributed by atoms with Gasteiger partial charge in [0.15, 0.2) is 0 Å². The molecule has 3 rings (SSSR count). The summed E-state index contributed by atoms with van der Waals surface area (Å²) in [4.78, 5) is 4.17. The van der Waals surface area contributed by atoms with Crippen molar-refractivity contribution in [1.29, 1.82) is 0 Å². The molecule has 0 bridgehead atoms. The van der Waals surface area contributed by atoms with Crippen molar-refractivity contribution in [3.8, 4) is 0 Å². The molecule has 1 nitrogen and oxygen atoms in total. The summed E-state index contributed by atoms with van der Waals surface area (Å²) < 4.78 is 1.23. The van der Waals surface area contributed by atoms with Gasteiger partial charge in [0.05, 0.1) is 15.2 Å². The van der Waals surface area contributed by atoms with Gasteiger partial charge in [0, 0.05) is 6.42 Å². The molecule has 0 aliphatic rings. The number of hydrogen-bond donors (Lipinski definition) is 0. The molecule has 0 aliphatic carbocycles. The number of thiazole rings is 1. The van der Waals surface area contributed by atoms with E-state index in [9.17, 15) is 0 Å². The molecular weight excluding hydrogens is 297 g/mol. The van der Waals surface area contributed by atoms with Crippen LogP contribution in [0, 0.1) is 0 Å². The quantitative estimate of drug-likeness (QED) is 0.593. The van der Waals surface area contributed by atoms with Gasteiger partial charge in [-0.25, -0.2) is 4.98 Å². The van der Waals surface area contributed by atoms with E-state index in [0.29, 0.717) is 0 Å². The van der Waals surface area contributed by atoms with Crippen LogP contribution in [-0.2, 0) is 6.42 Å². The minimum Gasteiger partial charge on any atom is -0.241 e. The lowest BCUT2D eigenvalue weighted by Crippen LogP contribution is -1.88. The molecule has 0 aliphatic heterocycles. The summed E-state index contributed by atoms with van der Waals surface area (Å²) >= 11 is 13.4. The zero-order valence-corrected chi connectivity index (χ0v) is 12.3. The maximum atomic E-state index is 5.82. The SMILES string of the molecule is ClC(Cl)c1ccc(Cc2nc3ccccc3s2)cc1. The zero-order chi connectivity index (χ0) is 13.2. The van der Waals surface area contributed by atoms with E-state index in [2.05, 4.69) is 23.2 Å². The highest BCUT2D eigenvalue weighted by Gasteiger charge is 2.06. The topological polar surface area (TPSA) is 12.9 Å². The molecule has 19 heavy (non-hydrogen) atoms. The van der Waals surface area contributed by atoms with Gasteiger partial charge in [-0.15, -0.1) is 34.5 Å². The molecule has 0 amide bonds. The van der Waals surface area contributed by atoms with Crippen LogP contribution in [-0.4, -0.2) is 4.98 Å². The molecule has 3 aromatic rings. The van der Waals surface area contributed by atoms with Crippen molar-refractivity contribution in [1.82, 2.24) is 4.98 Å². The highest BCUT2D eigenvalue weighted by Crippen LogP contribution is 2.26. The lowest BCUT2D eigenvalue weighted by Gasteiger charge is -2.03. The van der Waals surface area contributed by atoms with Crippen molar-refractivity contribution in [2.45, 2.75) is 11.3 Å². The third kappa shape index (κ3) is 2.92. The Kier molecular flexibility index (Phi) is 3.74. The van der Waals surface area contributed by atoms with Crippen LogP contribution in [0.4, 0.5) is 0 Å². The van der Waals surface area contributed by atoms with Gasteiger partial charge in [0.2, 0.25) is 0 Å². The standard InChI is InChI=1S/C15H11Cl2NS/c16-15(17)11-7-5-10(6-8-11)9-14-18-12-3-1-2-4-13(12)19-14/h1-8,15H,9H2. The van der Waals surface area contributed by atoms with E-state index in [1.807, 2.05) is 30.3 Å². The molecule has 0 unspecified atom stereocenters. The highest BCUT2D eigenvalue weighted by atomic mass is 35.5. The van der Waals surface area contributed by atoms with Crippen molar-refractivity contribution in [3.63, 3.8) is 0 Å². The summed E-state index contributed by atoms with van der Waals surface area (Å²) in [5, 5.41) is 1.13. The fourth-order valence-electron chi connectivity index (χ4n) is 1.95. The van der Waals surface area contributed by atoms with E-state index in [-0.39, 0.29) is 0 Å². The van der Waals surface area contributed by atoms with Gasteiger partial charge in [-0.2, -0.15) is 0 Å². The predicted octanol–water partition coefficient (Wildman–Crippen LogP) is 5.36. The summed E-state index contributed by atoms with van der Waals surface area (Å²) in [7, 11) is 0. The zero-order valence-electron chi connectivity index (χ0n) is 10.0. The Morgan fingerprint density at radius 3 is 2.42 bits per heavy atom. The summed E-state index contributed by atoms with van der Waals surface area (Å²) in [5.41, 5.74) is 3.22. The van der Waals surface area contributed by atoms with Gasteiger partial charge in [0.1, 0.15) is 4.84 Å². The second-order valence-corrected chi connectivity index (χ2v) is 6.51. The van der Waals surface area contributed by atoms with Gasteiger partial charge >= 0.3 is 0 Å². The monoisotopic (exact) mass is 307 g/mol. The van der Waals surface area contributed by atoms with Gasteiger partial charge in [-0.1, -0.05) is 36.4 Å². The third-order valence-electron chi connectivity index (χ3n) is 2.93. The first-order valence-electron chi connectivity index (χ1n) is 5.94. The summed E-state index contributed by atoms with van der Waals surface area (Å²) in [6, 6.07) is 16.2. The fraction of sp³-hybridized carbons (Fsp3) is 0.133. The molecule has 0 fully saturated rings. The summed E-state index contributed by atoms with van der Waals surface area (Å²) in [5.74, 6) is 0. The Morgan fingerprint density at radius 1 is 1.00 bits per heavy atom. The number of para-hydroxylation sites is 1. The maximum absolute atomic E-state index is 5.82. The molecular formula is C15H11Cl2NS. The predicted molar refractivity (Wildman–Crippen MR) is 83.3 cm³/mol. The molecule has 1 heterocycles. The highest BCUT2D eigenvalue weighted by molar-refractivity contribution is 7.18. The number of alkyl halides is 2. The number of nitrogens with zero attached hydrogens (tertiary/aromatic N) is 1. The molecule has 0 saturated carbocycles. The molecule has 1 aromatic heterocycles. The largest absolute Gasteiger partial charge is 0.241 e. The molecule has 0 radical (unpaired) electrons. The van der Waals surface area contributed by atoms with E-state index in [4.69, 9.17) is 23.2 Å². The maximum Gasteiger partial charge on any atom is 0.132 e. The minimum absolute atomic E-state index is 0.462. The average molecular weight is 308 g/mol. The van der Waals surface area contributed by atoms with Crippen LogP contribution in [0.3, 0.4) is 0 Å². The van der Waals surface area contributed by atoms with Gasteiger partial charge in [-0.3, -0.25) is 0 Å². The number of aromatic nitrogens is 1. The second kappa shape index (κ2) is 5.49. The van der Waals surface area contributed by atoms with Crippen LogP contribution in [0.1, 0.15) is 21.0 Å². The molecule has 96 valence electrons. The van der Waals surface area contributed by atoms with Crippen LogP contribution in [0.15, 0.2) is 48.5 Å². The molecule has 2 aromatic carbocycles. The van der Waals surface area contributed by atoms with Gasteiger partial charge < -0.3 is 0 Å². The molecule has 0 atom stereocenters. The van der Waals surface area contributed by atoms with Crippen molar-refractivity contribution in [2.75, 3.05) is 0 Å². The Labute approximate surface area is 125 Å². The average Bonchev–Trinajstić information content (AvgIpc) is 2.81. The van der Waals surface area contributed by atoms with E-state index < -0.39 is 4.84 Å². The van der Waals surface area contributed by atoms with Gasteiger partial charge in [-0.05, 0) is 23.3 Å². The fourth-order valence-corrected chi connectivity index (χ4v) is 3.24. The smallest absolute Gasteiger partial charge is 0.132 e. The minimum atomic E-state index is -0.462. The van der Waals surface area contributed by atoms with Gasteiger partial charge in [0.25, 0.3) is 0 Å². The molecule has 4 heteroatoms. The molecule has 0 saturated heterocycles. The second-order valence-electron chi connectivity index (χ2n) is 4.29. The Hall–Kier alpha value is -1.09. The first kappa shape index (κ1) is 12.9. The molecule has 0 N–H and O–H groups in total. The van der Waals surface area contributed by atoms with Crippen molar-refractivity contribution in [2.24, 2.45) is 0 Å². The number of hydrogen-bond acceptors (Lipinski definition) is 2. The van der Waals surface area contributed by atoms with E-state index in [0.717, 1.165) is 22.5 Å². The van der Waals surface area contributed by atoms with Crippen LogP contribution >= 0.6 is 34.5 Å². The Bertz CT molecular complexity index is 656. The van der Waals surface area contributed by atoms with Crippen LogP contribution in [0.5, 0.6) is 0 Å². The number of benzene rings is 2. The third-order valence-corrected chi connectivity index (χ3v) is 4.47. The lowest BCUT2D eigenvalue weighted by molar-refractivity contribution is 1.15. The summed E-state index contributed by atoms with van der Waals surface area (Å²) in [6.45, 7) is 0. The van der Waals surface area contributed by atoms with Crippen molar-refractivity contribution in [3.05, 3.63) is 64.7 Å². The van der Waals surface area contributed by atoms with Crippen molar-refractivity contribution < 1.29 is 0 Å². The first-order chi connectivity index (χ1) is 9.22. The number of halogens is 2. The Balaban J connectivity index is 1.84. The summed E-state index contributed by atoms with van der Waals surface area (Å²) in [6.07, 6.45) is 0.842. The van der Waals surface area contributed by atoms with E-state index in [1.165, 1.54) is 10.3 Å². The number of fused-ring (bicyclic) bond motifs is 1. The lowest BCUT2D eigenvalue weighted by atomic mass is 10.1. The van der Waals surface area contributed by atoms with E-state index >= 15 is 0 Å². The van der Waals surface area contributed by atoms with E-state index in [1.54, 1.807) is 11.3 Å². The van der Waals surface area contributed by atoms with Crippen LogP contribution in [0.2, 0.25) is 0 Å². The molecule has 0 spiro atoms. The normalized spacial score (nSPS) is 11.3. The van der Waals surface area contributed by atoms with Crippen LogP contribution in [0.25, 0.3) is 10.2 Å². The van der Waals surface area contributed by atoms with Crippen molar-refractivity contribution >= 4 is 44.8 Å².